The molecule has 0 spiro atoms. The van der Waals surface area contributed by atoms with Gasteiger partial charge in [0.25, 0.3) is 0 Å². The lowest BCUT2D eigenvalue weighted by molar-refractivity contribution is -0.0563. The van der Waals surface area contributed by atoms with Gasteiger partial charge in [0.2, 0.25) is 0 Å². The number of nitrogens with zero attached hydrogens (tertiary/aromatic N) is 1. The second kappa shape index (κ2) is 17.3. The molecule has 9 atom stereocenters. The Morgan fingerprint density at radius 3 is 2.43 bits per heavy atom. The molecule has 3 fully saturated rings. The van der Waals surface area contributed by atoms with Gasteiger partial charge in [-0.1, -0.05) is 65.3 Å². The van der Waals surface area contributed by atoms with E-state index in [0.717, 1.165) is 101 Å². The Morgan fingerprint density at radius 1 is 0.978 bits per heavy atom. The molecule has 1 amide bonds. The van der Waals surface area contributed by atoms with E-state index in [2.05, 4.69) is 65.1 Å². The number of ether oxygens (including phenoxy) is 1. The molecule has 0 aliphatic heterocycles. The predicted molar refractivity (Wildman–Crippen MR) is 193 cm³/mol. The fourth-order valence-corrected chi connectivity index (χ4v) is 10.6. The van der Waals surface area contributed by atoms with Gasteiger partial charge in [0.05, 0.1) is 0 Å². The van der Waals surface area contributed by atoms with Crippen LogP contribution < -0.4 is 16.8 Å². The fourth-order valence-electron chi connectivity index (χ4n) is 10.6. The molecule has 264 valence electrons. The maximum Gasteiger partial charge on any atom is 0.410 e. The molecule has 0 heterocycles. The highest BCUT2D eigenvalue weighted by Crippen LogP contribution is 2.67. The SMILES string of the molecule is CC[C@H](/C=C/[C@@H](C)[C@H]1CC[C@H]2[C@@H]3CC=C4C[C@@H](OC(=O)N(CCCN)CCCCNCCCN)CC[C@]4(C)[C@H]3CC[C@]12C)C(C)C. The van der Waals surface area contributed by atoms with Gasteiger partial charge in [-0.05, 0) is 155 Å². The fraction of sp³-hybridized carbons (Fsp3) is 0.875. The van der Waals surface area contributed by atoms with Crippen molar-refractivity contribution in [2.75, 3.05) is 39.3 Å². The lowest BCUT2D eigenvalue weighted by Crippen LogP contribution is -2.51. The Morgan fingerprint density at radius 2 is 1.72 bits per heavy atom. The average molecular weight is 641 g/mol. The number of allylic oxidation sites excluding steroid dienone is 3. The number of nitrogens with two attached hydrogens (primary N) is 2. The molecule has 0 aromatic rings. The second-order valence-corrected chi connectivity index (χ2v) is 16.5. The van der Waals surface area contributed by atoms with Crippen LogP contribution in [-0.4, -0.2) is 56.4 Å². The lowest BCUT2D eigenvalue weighted by Gasteiger charge is -2.58. The Labute approximate surface area is 283 Å². The highest BCUT2D eigenvalue weighted by atomic mass is 16.6. The minimum atomic E-state index is -0.139. The number of unbranched alkanes of at least 4 members (excludes halogenated alkanes) is 1. The van der Waals surface area contributed by atoms with E-state index in [0.29, 0.717) is 30.3 Å². The number of nitrogens with one attached hydrogen (secondary N) is 1. The van der Waals surface area contributed by atoms with E-state index in [1.54, 1.807) is 5.57 Å². The number of carbonyl (C=O) groups excluding carboxylic acids is 1. The third-order valence-corrected chi connectivity index (χ3v) is 13.5. The van der Waals surface area contributed by atoms with Crippen molar-refractivity contribution in [3.05, 3.63) is 23.8 Å². The van der Waals surface area contributed by atoms with E-state index in [1.807, 2.05) is 4.90 Å². The molecule has 0 unspecified atom stereocenters. The van der Waals surface area contributed by atoms with Gasteiger partial charge in [0.1, 0.15) is 6.10 Å². The molecule has 0 radical (unpaired) electrons. The van der Waals surface area contributed by atoms with E-state index in [4.69, 9.17) is 16.2 Å². The van der Waals surface area contributed by atoms with Gasteiger partial charge >= 0.3 is 6.09 Å². The summed E-state index contributed by atoms with van der Waals surface area (Å²) in [5, 5.41) is 3.44. The third kappa shape index (κ3) is 8.61. The molecule has 0 saturated heterocycles. The molecule has 0 bridgehead atoms. The number of carbonyl (C=O) groups is 1. The first-order valence-electron chi connectivity index (χ1n) is 19.5. The smallest absolute Gasteiger partial charge is 0.410 e. The van der Waals surface area contributed by atoms with Crippen molar-refractivity contribution in [3.8, 4) is 0 Å². The standard InChI is InChI=1S/C40H72N4O2/c1-7-31(29(2)3)13-12-30(4)35-16-17-36-34-15-14-32-28-33(18-20-39(32,5)37(34)19-21-40(35,36)6)46-38(45)44(27-11-23-42)26-9-8-24-43-25-10-22-41/h12-14,29-31,33-37,43H,7-11,15-28,41-42H2,1-6H3/b13-12+/t30-,31-,33+,34+,35-,36+,37+,39+,40-/m1/s1. The van der Waals surface area contributed by atoms with Gasteiger partial charge in [0.15, 0.2) is 0 Å². The van der Waals surface area contributed by atoms with Crippen LogP contribution in [0.3, 0.4) is 0 Å². The van der Waals surface area contributed by atoms with Crippen molar-refractivity contribution in [3.63, 3.8) is 0 Å². The highest BCUT2D eigenvalue weighted by molar-refractivity contribution is 5.67. The van der Waals surface area contributed by atoms with E-state index >= 15 is 0 Å². The van der Waals surface area contributed by atoms with Crippen LogP contribution in [0, 0.1) is 52.3 Å². The molecule has 46 heavy (non-hydrogen) atoms. The van der Waals surface area contributed by atoms with E-state index in [1.165, 1.54) is 38.5 Å². The maximum absolute atomic E-state index is 13.4. The topological polar surface area (TPSA) is 93.6 Å². The summed E-state index contributed by atoms with van der Waals surface area (Å²) in [6.07, 6.45) is 22.5. The first-order chi connectivity index (χ1) is 22.1. The summed E-state index contributed by atoms with van der Waals surface area (Å²) < 4.78 is 6.25. The molecule has 6 nitrogen and oxygen atoms in total. The van der Waals surface area contributed by atoms with Crippen LogP contribution in [0.2, 0.25) is 0 Å². The largest absolute Gasteiger partial charge is 0.446 e. The Bertz CT molecular complexity index is 1010. The zero-order chi connectivity index (χ0) is 33.3. The summed E-state index contributed by atoms with van der Waals surface area (Å²) in [6, 6.07) is 0. The number of amides is 1. The normalized spacial score (nSPS) is 33.7. The monoisotopic (exact) mass is 641 g/mol. The van der Waals surface area contributed by atoms with Crippen LogP contribution in [-0.2, 0) is 4.74 Å². The minimum Gasteiger partial charge on any atom is -0.446 e. The number of fused-ring (bicyclic) bond motifs is 5. The van der Waals surface area contributed by atoms with Crippen LogP contribution >= 0.6 is 0 Å². The van der Waals surface area contributed by atoms with Crippen LogP contribution in [0.4, 0.5) is 4.79 Å². The molecule has 4 aliphatic carbocycles. The third-order valence-electron chi connectivity index (χ3n) is 13.5. The van der Waals surface area contributed by atoms with Gasteiger partial charge < -0.3 is 26.4 Å². The van der Waals surface area contributed by atoms with Crippen molar-refractivity contribution in [1.82, 2.24) is 10.2 Å². The molecule has 0 aromatic carbocycles. The van der Waals surface area contributed by atoms with Crippen molar-refractivity contribution in [1.29, 1.82) is 0 Å². The van der Waals surface area contributed by atoms with Crippen molar-refractivity contribution >= 4 is 6.09 Å². The van der Waals surface area contributed by atoms with Crippen LogP contribution in [0.25, 0.3) is 0 Å². The number of hydrogen-bond donors (Lipinski definition) is 3. The van der Waals surface area contributed by atoms with E-state index < -0.39 is 0 Å². The van der Waals surface area contributed by atoms with Crippen molar-refractivity contribution < 1.29 is 9.53 Å². The summed E-state index contributed by atoms with van der Waals surface area (Å²) in [4.78, 5) is 15.3. The second-order valence-electron chi connectivity index (χ2n) is 16.5. The summed E-state index contributed by atoms with van der Waals surface area (Å²) in [6.45, 7) is 19.5. The van der Waals surface area contributed by atoms with Crippen LogP contribution in [0.5, 0.6) is 0 Å². The molecule has 0 aromatic heterocycles. The van der Waals surface area contributed by atoms with E-state index in [-0.39, 0.29) is 17.6 Å². The summed E-state index contributed by atoms with van der Waals surface area (Å²) in [7, 11) is 0. The zero-order valence-corrected chi connectivity index (χ0v) is 30.7. The molecule has 3 saturated carbocycles. The van der Waals surface area contributed by atoms with Gasteiger partial charge in [0, 0.05) is 19.5 Å². The van der Waals surface area contributed by atoms with Crippen LogP contribution in [0.15, 0.2) is 23.8 Å². The maximum atomic E-state index is 13.4. The molecular weight excluding hydrogens is 568 g/mol. The Hall–Kier alpha value is -1.37. The van der Waals surface area contributed by atoms with Crippen molar-refractivity contribution in [2.24, 2.45) is 63.7 Å². The molecule has 6 heteroatoms. The minimum absolute atomic E-state index is 0.00294. The molecular formula is C40H72N4O2. The average Bonchev–Trinajstić information content (AvgIpc) is 3.39. The zero-order valence-electron chi connectivity index (χ0n) is 30.7. The predicted octanol–water partition coefficient (Wildman–Crippen LogP) is 8.31. The Balaban J connectivity index is 1.34. The summed E-state index contributed by atoms with van der Waals surface area (Å²) >= 11 is 0. The summed E-state index contributed by atoms with van der Waals surface area (Å²) in [5.74, 6) is 5.32. The first-order valence-corrected chi connectivity index (χ1v) is 19.5. The number of hydrogen-bond acceptors (Lipinski definition) is 5. The first kappa shape index (κ1) is 37.4. The van der Waals surface area contributed by atoms with Gasteiger partial charge in [-0.15, -0.1) is 0 Å². The van der Waals surface area contributed by atoms with Gasteiger partial charge in [-0.25, -0.2) is 4.79 Å². The lowest BCUT2D eigenvalue weighted by atomic mass is 9.47. The molecule has 4 aliphatic rings. The summed E-state index contributed by atoms with van der Waals surface area (Å²) in [5.41, 5.74) is 13.7. The van der Waals surface area contributed by atoms with Gasteiger partial charge in [-0.3, -0.25) is 0 Å². The van der Waals surface area contributed by atoms with E-state index in [9.17, 15) is 4.79 Å². The molecule has 5 N–H and O–H groups in total. The molecule has 4 rings (SSSR count). The van der Waals surface area contributed by atoms with Gasteiger partial charge in [-0.2, -0.15) is 0 Å². The van der Waals surface area contributed by atoms with Crippen molar-refractivity contribution in [2.45, 2.75) is 131 Å². The van der Waals surface area contributed by atoms with Crippen LogP contribution in [0.1, 0.15) is 125 Å². The Kier molecular flexibility index (Phi) is 14.1. The quantitative estimate of drug-likeness (QED) is 0.110. The number of rotatable bonds is 17. The highest BCUT2D eigenvalue weighted by Gasteiger charge is 2.59.